The molecule has 3 N–H and O–H groups in total. The zero-order chi connectivity index (χ0) is 41.7. The minimum atomic E-state index is -5.00. The van der Waals surface area contributed by atoms with Crippen LogP contribution in [0.4, 0.5) is 31.1 Å². The molecule has 1 aliphatic rings. The topological polar surface area (TPSA) is 138 Å². The molecule has 1 aromatic heterocycles. The molecule has 0 unspecified atom stereocenters. The van der Waals surface area contributed by atoms with Gasteiger partial charge in [-0.2, -0.15) is 26.3 Å². The first kappa shape index (κ1) is 46.5. The lowest BCUT2D eigenvalue weighted by atomic mass is 9.91. The van der Waals surface area contributed by atoms with E-state index >= 15 is 0 Å². The first-order valence-corrected chi connectivity index (χ1v) is 18.6. The number of amides is 3. The maximum absolute atomic E-state index is 14.2. The number of hydrogen-bond acceptors (Lipinski definition) is 8. The van der Waals surface area contributed by atoms with Crippen LogP contribution in [0.3, 0.4) is 0 Å². The van der Waals surface area contributed by atoms with Crippen LogP contribution in [0.5, 0.6) is 0 Å². The van der Waals surface area contributed by atoms with E-state index in [0.717, 1.165) is 6.07 Å². The van der Waals surface area contributed by atoms with Crippen LogP contribution < -0.4 is 16.0 Å². The normalized spacial score (nSPS) is 15.2. The van der Waals surface area contributed by atoms with Gasteiger partial charge in [0.1, 0.15) is 11.1 Å². The molecule has 1 aromatic carbocycles. The van der Waals surface area contributed by atoms with Crippen LogP contribution in [0.25, 0.3) is 11.3 Å². The van der Waals surface area contributed by atoms with Crippen LogP contribution in [0, 0.1) is 6.92 Å². The molecule has 0 bridgehead atoms. The Labute approximate surface area is 323 Å². The number of carbonyl (C=O) groups excluding carboxylic acids is 3. The number of alkyl halides is 6. The van der Waals surface area contributed by atoms with Gasteiger partial charge >= 0.3 is 18.4 Å². The van der Waals surface area contributed by atoms with Gasteiger partial charge in [0.15, 0.2) is 0 Å². The molecule has 2 aromatic rings. The fourth-order valence-corrected chi connectivity index (χ4v) is 6.08. The fourth-order valence-electron chi connectivity index (χ4n) is 6.08. The summed E-state index contributed by atoms with van der Waals surface area (Å²) in [6, 6.07) is 2.36. The monoisotopic (exact) mass is 808 g/mol. The molecule has 3 amide bonds. The van der Waals surface area contributed by atoms with Crippen molar-refractivity contribution in [3.8, 4) is 11.3 Å². The second-order valence-electron chi connectivity index (χ2n) is 14.3. The van der Waals surface area contributed by atoms with Gasteiger partial charge in [0.05, 0.1) is 62.4 Å². The maximum Gasteiger partial charge on any atom is 0.417 e. The third-order valence-electron chi connectivity index (χ3n) is 9.13. The van der Waals surface area contributed by atoms with Crippen molar-refractivity contribution in [2.24, 2.45) is 0 Å². The SMILES string of the molecule is CCC(CC)(NC(=O)c1cc(-c2cc(C(F)(F)F)ccc2C(F)(F)F)n(C[C@H]2CCCO2)c1C)C(=O)NCCOCCOCCOCCNC(=O)OC(C)(C)C. The fraction of sp³-hybridized carbons (Fsp3) is 0.658. The van der Waals surface area contributed by atoms with E-state index in [4.69, 9.17) is 23.7 Å². The van der Waals surface area contributed by atoms with Crippen LogP contribution >= 0.6 is 0 Å². The van der Waals surface area contributed by atoms with Gasteiger partial charge in [-0.1, -0.05) is 13.8 Å². The third kappa shape index (κ3) is 13.7. The van der Waals surface area contributed by atoms with Crippen molar-refractivity contribution in [3.05, 3.63) is 46.6 Å². The average molecular weight is 809 g/mol. The molecule has 0 saturated carbocycles. The summed E-state index contributed by atoms with van der Waals surface area (Å²) in [5.74, 6) is -1.28. The van der Waals surface area contributed by atoms with Crippen LogP contribution in [0.1, 0.15) is 87.5 Å². The number of hydrogen-bond donors (Lipinski definition) is 3. The van der Waals surface area contributed by atoms with E-state index in [1.807, 2.05) is 0 Å². The molecule has 56 heavy (non-hydrogen) atoms. The number of ether oxygens (including phenoxy) is 5. The highest BCUT2D eigenvalue weighted by molar-refractivity contribution is 6.01. The van der Waals surface area contributed by atoms with E-state index in [1.165, 1.54) is 11.5 Å². The van der Waals surface area contributed by atoms with Crippen LogP contribution in [-0.2, 0) is 47.4 Å². The number of rotatable bonds is 20. The largest absolute Gasteiger partial charge is 0.444 e. The Balaban J connectivity index is 1.61. The van der Waals surface area contributed by atoms with Crippen molar-refractivity contribution in [2.45, 2.75) is 103 Å². The molecule has 1 saturated heterocycles. The van der Waals surface area contributed by atoms with Gasteiger partial charge in [-0.15, -0.1) is 0 Å². The van der Waals surface area contributed by atoms with Crippen LogP contribution in [0.2, 0.25) is 0 Å². The van der Waals surface area contributed by atoms with E-state index in [1.54, 1.807) is 34.6 Å². The molecule has 1 aliphatic heterocycles. The van der Waals surface area contributed by atoms with Gasteiger partial charge in [0.2, 0.25) is 5.91 Å². The molecule has 1 fully saturated rings. The average Bonchev–Trinajstić information content (AvgIpc) is 3.75. The second kappa shape index (κ2) is 20.5. The van der Waals surface area contributed by atoms with Crippen molar-refractivity contribution in [3.63, 3.8) is 0 Å². The zero-order valence-corrected chi connectivity index (χ0v) is 32.8. The lowest BCUT2D eigenvalue weighted by Crippen LogP contribution is -2.58. The number of carbonyl (C=O) groups is 3. The predicted molar refractivity (Wildman–Crippen MR) is 194 cm³/mol. The highest BCUT2D eigenvalue weighted by atomic mass is 19.4. The van der Waals surface area contributed by atoms with Crippen molar-refractivity contribution in [1.29, 1.82) is 0 Å². The lowest BCUT2D eigenvalue weighted by molar-refractivity contribution is -0.141. The Hall–Kier alpha value is -3.87. The van der Waals surface area contributed by atoms with Crippen molar-refractivity contribution in [1.82, 2.24) is 20.5 Å². The molecule has 2 heterocycles. The molecule has 1 atom stereocenters. The van der Waals surface area contributed by atoms with Crippen molar-refractivity contribution >= 4 is 17.9 Å². The Bertz CT molecular complexity index is 1600. The summed E-state index contributed by atoms with van der Waals surface area (Å²) < 4.78 is 112. The van der Waals surface area contributed by atoms with Crippen molar-refractivity contribution < 1.29 is 64.4 Å². The summed E-state index contributed by atoms with van der Waals surface area (Å²) in [6.45, 7) is 12.5. The van der Waals surface area contributed by atoms with Gasteiger partial charge < -0.3 is 44.2 Å². The minimum Gasteiger partial charge on any atom is -0.444 e. The highest BCUT2D eigenvalue weighted by Gasteiger charge is 2.40. The minimum absolute atomic E-state index is 0.00306. The van der Waals surface area contributed by atoms with E-state index < -0.39 is 64.2 Å². The zero-order valence-electron chi connectivity index (χ0n) is 32.8. The first-order valence-electron chi connectivity index (χ1n) is 18.6. The van der Waals surface area contributed by atoms with Gasteiger partial charge in [-0.3, -0.25) is 9.59 Å². The van der Waals surface area contributed by atoms with E-state index in [9.17, 15) is 40.7 Å². The Morgan fingerprint density at radius 2 is 1.43 bits per heavy atom. The van der Waals surface area contributed by atoms with Gasteiger partial charge in [0, 0.05) is 43.2 Å². The van der Waals surface area contributed by atoms with Crippen LogP contribution in [-0.4, -0.2) is 99.1 Å². The quantitative estimate of drug-likeness (QED) is 0.0999. The number of aromatic nitrogens is 1. The van der Waals surface area contributed by atoms with E-state index in [0.29, 0.717) is 50.9 Å². The maximum atomic E-state index is 14.2. The molecule has 316 valence electrons. The number of halogens is 6. The lowest BCUT2D eigenvalue weighted by Gasteiger charge is -2.31. The molecule has 0 radical (unpaired) electrons. The molecule has 18 heteroatoms. The van der Waals surface area contributed by atoms with Crippen molar-refractivity contribution in [2.75, 3.05) is 59.3 Å². The smallest absolute Gasteiger partial charge is 0.417 e. The van der Waals surface area contributed by atoms with E-state index in [2.05, 4.69) is 16.0 Å². The summed E-state index contributed by atoms with van der Waals surface area (Å²) in [4.78, 5) is 39.0. The van der Waals surface area contributed by atoms with E-state index in [-0.39, 0.29) is 75.9 Å². The number of nitrogens with zero attached hydrogens (tertiary/aromatic N) is 1. The first-order chi connectivity index (χ1) is 26.2. The van der Waals surface area contributed by atoms with Gasteiger partial charge in [-0.05, 0) is 77.6 Å². The number of benzene rings is 1. The molecule has 0 spiro atoms. The summed E-state index contributed by atoms with van der Waals surface area (Å²) in [5.41, 5.74) is -5.41. The molecular formula is C38H54F6N4O8. The summed E-state index contributed by atoms with van der Waals surface area (Å²) in [7, 11) is 0. The predicted octanol–water partition coefficient (Wildman–Crippen LogP) is 6.66. The number of nitrogens with one attached hydrogen (secondary N) is 3. The summed E-state index contributed by atoms with van der Waals surface area (Å²) in [5, 5.41) is 8.10. The Morgan fingerprint density at radius 3 is 1.95 bits per heavy atom. The summed E-state index contributed by atoms with van der Waals surface area (Å²) >= 11 is 0. The van der Waals surface area contributed by atoms with Gasteiger partial charge in [0.25, 0.3) is 5.91 Å². The molecule has 3 rings (SSSR count). The molecule has 12 nitrogen and oxygen atoms in total. The van der Waals surface area contributed by atoms with Crippen LogP contribution in [0.15, 0.2) is 24.3 Å². The Morgan fingerprint density at radius 1 is 0.839 bits per heavy atom. The molecule has 0 aliphatic carbocycles. The highest BCUT2D eigenvalue weighted by Crippen LogP contribution is 2.42. The Kier molecular flexibility index (Phi) is 17.0. The number of alkyl carbamates (subject to hydrolysis) is 1. The third-order valence-corrected chi connectivity index (χ3v) is 9.13. The standard InChI is InChI=1S/C38H54F6N4O8/c1-7-36(8-2,33(50)45-13-16-52-18-20-54-21-19-53-17-14-46-34(51)56-35(4,5)6)47-32(49)28-23-31(48(25(28)3)24-27-10-9-15-55-27)29-22-26(37(39,40)41)11-12-30(29)38(42,43)44/h11-12,22-23,27H,7-10,13-21,24H2,1-6H3,(H,45,50)(H,46,51)(H,47,49)/t27-/m1/s1. The summed E-state index contributed by atoms with van der Waals surface area (Å²) in [6.07, 6.45) is -9.29. The second-order valence-corrected chi connectivity index (χ2v) is 14.3. The molecular weight excluding hydrogens is 754 g/mol. The van der Waals surface area contributed by atoms with Gasteiger partial charge in [-0.25, -0.2) is 4.79 Å².